The topological polar surface area (TPSA) is 24.1 Å². The zero-order valence-electron chi connectivity index (χ0n) is 4.87. The van der Waals surface area contributed by atoms with Crippen molar-refractivity contribution in [1.82, 2.24) is 9.44 Å². The molecule has 0 aromatic carbocycles. The van der Waals surface area contributed by atoms with Gasteiger partial charge in [0.15, 0.2) is 0 Å². The molecule has 1 fully saturated rings. The molecule has 48 valence electrons. The molecule has 0 bridgehead atoms. The van der Waals surface area contributed by atoms with Gasteiger partial charge in [-0.1, -0.05) is 24.3 Å². The summed E-state index contributed by atoms with van der Waals surface area (Å²) in [6.45, 7) is 0. The lowest BCUT2D eigenvalue weighted by Crippen LogP contribution is -2.30. The third-order valence-corrected chi connectivity index (χ3v) is 2.30. The molecule has 1 aliphatic carbocycles. The molecular weight excluding hydrogens is 132 g/mol. The SMILES string of the molecule is C1=CC2NSNC2C=C1. The van der Waals surface area contributed by atoms with E-state index in [0.29, 0.717) is 12.1 Å². The van der Waals surface area contributed by atoms with Crippen LogP contribution in [0.25, 0.3) is 0 Å². The number of nitrogens with one attached hydrogen (secondary N) is 2. The summed E-state index contributed by atoms with van der Waals surface area (Å²) in [6, 6.07) is 1.000. The summed E-state index contributed by atoms with van der Waals surface area (Å²) in [5.74, 6) is 0. The van der Waals surface area contributed by atoms with E-state index >= 15 is 0 Å². The number of fused-ring (bicyclic) bond motifs is 1. The Hall–Kier alpha value is -0.250. The number of hydrogen-bond donors (Lipinski definition) is 2. The molecule has 0 spiro atoms. The van der Waals surface area contributed by atoms with Crippen LogP contribution in [0.15, 0.2) is 24.3 Å². The van der Waals surface area contributed by atoms with E-state index in [9.17, 15) is 0 Å². The van der Waals surface area contributed by atoms with Crippen molar-refractivity contribution in [2.75, 3.05) is 0 Å². The van der Waals surface area contributed by atoms with Crippen LogP contribution in [0.3, 0.4) is 0 Å². The maximum absolute atomic E-state index is 3.23. The van der Waals surface area contributed by atoms with Crippen molar-refractivity contribution in [3.63, 3.8) is 0 Å². The van der Waals surface area contributed by atoms with Gasteiger partial charge in [-0.2, -0.15) is 0 Å². The van der Waals surface area contributed by atoms with Gasteiger partial charge in [0, 0.05) is 12.1 Å². The lowest BCUT2D eigenvalue weighted by Gasteiger charge is -2.11. The van der Waals surface area contributed by atoms with Crippen LogP contribution in [-0.4, -0.2) is 12.1 Å². The van der Waals surface area contributed by atoms with Crippen LogP contribution in [0.4, 0.5) is 0 Å². The van der Waals surface area contributed by atoms with Crippen LogP contribution in [0, 0.1) is 0 Å². The summed E-state index contributed by atoms with van der Waals surface area (Å²) >= 11 is 1.58. The van der Waals surface area contributed by atoms with E-state index in [4.69, 9.17) is 0 Å². The quantitative estimate of drug-likeness (QED) is 0.482. The lowest BCUT2D eigenvalue weighted by molar-refractivity contribution is 0.675. The Morgan fingerprint density at radius 1 is 1.00 bits per heavy atom. The summed E-state index contributed by atoms with van der Waals surface area (Å²) < 4.78 is 6.45. The molecule has 0 aromatic rings. The summed E-state index contributed by atoms with van der Waals surface area (Å²) in [5.41, 5.74) is 0. The Morgan fingerprint density at radius 3 is 2.11 bits per heavy atom. The van der Waals surface area contributed by atoms with Gasteiger partial charge in [-0.15, -0.1) is 0 Å². The van der Waals surface area contributed by atoms with Crippen molar-refractivity contribution in [3.05, 3.63) is 24.3 Å². The summed E-state index contributed by atoms with van der Waals surface area (Å²) in [7, 11) is 0. The Bertz CT molecular complexity index is 146. The maximum atomic E-state index is 3.23. The minimum atomic E-state index is 0.500. The van der Waals surface area contributed by atoms with Crippen LogP contribution in [-0.2, 0) is 0 Å². The van der Waals surface area contributed by atoms with Crippen molar-refractivity contribution in [3.8, 4) is 0 Å². The highest BCUT2D eigenvalue weighted by Crippen LogP contribution is 2.14. The molecule has 2 rings (SSSR count). The normalized spacial score (nSPS) is 39.1. The largest absolute Gasteiger partial charge is 0.242 e. The van der Waals surface area contributed by atoms with E-state index < -0.39 is 0 Å². The van der Waals surface area contributed by atoms with Gasteiger partial charge in [0.25, 0.3) is 0 Å². The zero-order valence-corrected chi connectivity index (χ0v) is 5.69. The second-order valence-electron chi connectivity index (χ2n) is 2.16. The molecular formula is C6H8N2S. The summed E-state index contributed by atoms with van der Waals surface area (Å²) in [6.07, 6.45) is 8.47. The number of allylic oxidation sites excluding steroid dienone is 2. The Balaban J connectivity index is 2.18. The smallest absolute Gasteiger partial charge is 0.0565 e. The van der Waals surface area contributed by atoms with Crippen LogP contribution >= 0.6 is 12.1 Å². The summed E-state index contributed by atoms with van der Waals surface area (Å²) in [4.78, 5) is 0. The molecule has 1 heterocycles. The molecule has 2 unspecified atom stereocenters. The van der Waals surface area contributed by atoms with Crippen molar-refractivity contribution in [1.29, 1.82) is 0 Å². The molecule has 2 aliphatic rings. The third kappa shape index (κ3) is 0.913. The molecule has 2 N–H and O–H groups in total. The molecule has 3 heteroatoms. The van der Waals surface area contributed by atoms with E-state index in [1.165, 1.54) is 0 Å². The molecule has 1 aliphatic heterocycles. The first kappa shape index (κ1) is 5.53. The highest BCUT2D eigenvalue weighted by molar-refractivity contribution is 7.95. The predicted octanol–water partition coefficient (Wildman–Crippen LogP) is 0.606. The van der Waals surface area contributed by atoms with Crippen molar-refractivity contribution in [2.45, 2.75) is 12.1 Å². The first-order chi connectivity index (χ1) is 4.47. The zero-order chi connectivity index (χ0) is 6.10. The Labute approximate surface area is 58.7 Å². The number of rotatable bonds is 0. The fourth-order valence-corrected chi connectivity index (χ4v) is 1.79. The van der Waals surface area contributed by atoms with Gasteiger partial charge in [-0.05, 0) is 0 Å². The van der Waals surface area contributed by atoms with Gasteiger partial charge < -0.3 is 0 Å². The number of hydrogen-bond acceptors (Lipinski definition) is 3. The maximum Gasteiger partial charge on any atom is 0.0565 e. The standard InChI is InChI=1S/C6H8N2S/c1-2-4-6-5(3-1)7-9-8-6/h1-8H. The molecule has 9 heavy (non-hydrogen) atoms. The average molecular weight is 140 g/mol. The molecule has 0 radical (unpaired) electrons. The van der Waals surface area contributed by atoms with Crippen molar-refractivity contribution < 1.29 is 0 Å². The van der Waals surface area contributed by atoms with Crippen LogP contribution in [0.1, 0.15) is 0 Å². The first-order valence-corrected chi connectivity index (χ1v) is 3.80. The molecule has 0 aromatic heterocycles. The molecule has 2 atom stereocenters. The lowest BCUT2D eigenvalue weighted by atomic mass is 10.1. The van der Waals surface area contributed by atoms with Gasteiger partial charge in [-0.25, -0.2) is 9.44 Å². The minimum absolute atomic E-state index is 0.500. The van der Waals surface area contributed by atoms with E-state index in [0.717, 1.165) is 0 Å². The first-order valence-electron chi connectivity index (χ1n) is 2.99. The Morgan fingerprint density at radius 2 is 1.56 bits per heavy atom. The van der Waals surface area contributed by atoms with Crippen molar-refractivity contribution in [2.24, 2.45) is 0 Å². The van der Waals surface area contributed by atoms with Crippen LogP contribution in [0.5, 0.6) is 0 Å². The van der Waals surface area contributed by atoms with Gasteiger partial charge in [-0.3, -0.25) is 0 Å². The van der Waals surface area contributed by atoms with Crippen LogP contribution in [0.2, 0.25) is 0 Å². The van der Waals surface area contributed by atoms with Crippen molar-refractivity contribution >= 4 is 12.1 Å². The fourth-order valence-electron chi connectivity index (χ4n) is 1.00. The van der Waals surface area contributed by atoms with E-state index in [-0.39, 0.29) is 0 Å². The highest BCUT2D eigenvalue weighted by Gasteiger charge is 2.23. The molecule has 0 amide bonds. The molecule has 2 nitrogen and oxygen atoms in total. The van der Waals surface area contributed by atoms with Gasteiger partial charge >= 0.3 is 0 Å². The van der Waals surface area contributed by atoms with Gasteiger partial charge in [0.05, 0.1) is 12.1 Å². The molecule has 0 saturated carbocycles. The third-order valence-electron chi connectivity index (χ3n) is 1.52. The van der Waals surface area contributed by atoms with E-state index in [2.05, 4.69) is 33.7 Å². The summed E-state index contributed by atoms with van der Waals surface area (Å²) in [5, 5.41) is 0. The Kier molecular flexibility index (Phi) is 1.33. The highest BCUT2D eigenvalue weighted by atomic mass is 32.2. The fraction of sp³-hybridized carbons (Fsp3) is 0.333. The molecule has 1 saturated heterocycles. The van der Waals surface area contributed by atoms with E-state index in [1.807, 2.05) is 0 Å². The second kappa shape index (κ2) is 2.17. The predicted molar refractivity (Wildman–Crippen MR) is 39.7 cm³/mol. The minimum Gasteiger partial charge on any atom is -0.242 e. The van der Waals surface area contributed by atoms with Crippen LogP contribution < -0.4 is 9.44 Å². The van der Waals surface area contributed by atoms with E-state index in [1.54, 1.807) is 12.1 Å². The second-order valence-corrected chi connectivity index (χ2v) is 2.83. The van der Waals surface area contributed by atoms with Gasteiger partial charge in [0.2, 0.25) is 0 Å². The van der Waals surface area contributed by atoms with Gasteiger partial charge in [0.1, 0.15) is 0 Å². The monoisotopic (exact) mass is 140 g/mol. The average Bonchev–Trinajstić information content (AvgIpc) is 2.33.